The molecular formula is C12H25NO. The first-order valence-corrected chi connectivity index (χ1v) is 6.07. The zero-order valence-corrected chi connectivity index (χ0v) is 9.72. The SMILES string of the molecule is CCC(N)(CC)COCC1CCCC1. The minimum absolute atomic E-state index is 0.0847. The smallest absolute Gasteiger partial charge is 0.0646 e. The maximum absolute atomic E-state index is 6.16. The average Bonchev–Trinajstić information content (AvgIpc) is 2.70. The molecule has 2 heteroatoms. The third-order valence-electron chi connectivity index (χ3n) is 3.63. The van der Waals surface area contributed by atoms with E-state index in [4.69, 9.17) is 10.5 Å². The quantitative estimate of drug-likeness (QED) is 0.714. The molecule has 0 atom stereocenters. The Balaban J connectivity index is 2.12. The van der Waals surface area contributed by atoms with Crippen LogP contribution in [0.5, 0.6) is 0 Å². The number of rotatable bonds is 6. The third kappa shape index (κ3) is 3.58. The number of hydrogen-bond donors (Lipinski definition) is 1. The fourth-order valence-electron chi connectivity index (χ4n) is 2.06. The Morgan fingerprint density at radius 1 is 1.21 bits per heavy atom. The summed E-state index contributed by atoms with van der Waals surface area (Å²) >= 11 is 0. The first-order valence-electron chi connectivity index (χ1n) is 6.07. The van der Waals surface area contributed by atoms with Crippen LogP contribution in [0.2, 0.25) is 0 Å². The Bertz CT molecular complexity index is 148. The monoisotopic (exact) mass is 199 g/mol. The Morgan fingerprint density at radius 2 is 1.79 bits per heavy atom. The van der Waals surface area contributed by atoms with Crippen LogP contribution in [0.15, 0.2) is 0 Å². The van der Waals surface area contributed by atoms with E-state index in [1.54, 1.807) is 0 Å². The molecule has 0 aromatic carbocycles. The van der Waals surface area contributed by atoms with Crippen LogP contribution >= 0.6 is 0 Å². The molecule has 2 N–H and O–H groups in total. The lowest BCUT2D eigenvalue weighted by molar-refractivity contribution is 0.0578. The van der Waals surface area contributed by atoms with Crippen LogP contribution < -0.4 is 5.73 Å². The highest BCUT2D eigenvalue weighted by Crippen LogP contribution is 2.25. The summed E-state index contributed by atoms with van der Waals surface area (Å²) in [7, 11) is 0. The molecule has 1 rings (SSSR count). The van der Waals surface area contributed by atoms with Gasteiger partial charge in [-0.1, -0.05) is 26.7 Å². The van der Waals surface area contributed by atoms with Crippen molar-refractivity contribution >= 4 is 0 Å². The summed E-state index contributed by atoms with van der Waals surface area (Å²) in [5.41, 5.74) is 6.07. The Labute approximate surface area is 88.2 Å². The summed E-state index contributed by atoms with van der Waals surface area (Å²) < 4.78 is 5.74. The highest BCUT2D eigenvalue weighted by molar-refractivity contribution is 4.80. The molecule has 1 aliphatic carbocycles. The van der Waals surface area contributed by atoms with E-state index in [0.29, 0.717) is 0 Å². The van der Waals surface area contributed by atoms with Crippen molar-refractivity contribution in [3.63, 3.8) is 0 Å². The van der Waals surface area contributed by atoms with Crippen LogP contribution in [0.4, 0.5) is 0 Å². The first kappa shape index (κ1) is 12.0. The number of hydrogen-bond acceptors (Lipinski definition) is 2. The van der Waals surface area contributed by atoms with Crippen molar-refractivity contribution in [3.05, 3.63) is 0 Å². The van der Waals surface area contributed by atoms with Crippen molar-refractivity contribution in [1.29, 1.82) is 0 Å². The van der Waals surface area contributed by atoms with Crippen LogP contribution in [0.1, 0.15) is 52.4 Å². The maximum atomic E-state index is 6.16. The second kappa shape index (κ2) is 5.72. The second-order valence-electron chi connectivity index (χ2n) is 4.74. The van der Waals surface area contributed by atoms with Gasteiger partial charge in [0.1, 0.15) is 0 Å². The molecule has 0 heterocycles. The van der Waals surface area contributed by atoms with Gasteiger partial charge in [-0.15, -0.1) is 0 Å². The Kier molecular flexibility index (Phi) is 4.90. The summed E-state index contributed by atoms with van der Waals surface area (Å²) in [5.74, 6) is 0.813. The van der Waals surface area contributed by atoms with E-state index in [0.717, 1.165) is 32.0 Å². The molecule has 0 aromatic rings. The van der Waals surface area contributed by atoms with Crippen molar-refractivity contribution in [1.82, 2.24) is 0 Å². The van der Waals surface area contributed by atoms with Crippen LogP contribution in [0.25, 0.3) is 0 Å². The van der Waals surface area contributed by atoms with Crippen LogP contribution in [-0.4, -0.2) is 18.8 Å². The van der Waals surface area contributed by atoms with Crippen molar-refractivity contribution in [2.24, 2.45) is 11.7 Å². The van der Waals surface area contributed by atoms with Gasteiger partial charge in [-0.05, 0) is 31.6 Å². The van der Waals surface area contributed by atoms with Crippen molar-refractivity contribution in [3.8, 4) is 0 Å². The van der Waals surface area contributed by atoms with E-state index < -0.39 is 0 Å². The summed E-state index contributed by atoms with van der Waals surface area (Å²) in [6.07, 6.45) is 7.51. The molecule has 1 fully saturated rings. The van der Waals surface area contributed by atoms with Gasteiger partial charge in [0, 0.05) is 12.1 Å². The van der Waals surface area contributed by atoms with Gasteiger partial charge in [0.25, 0.3) is 0 Å². The zero-order valence-electron chi connectivity index (χ0n) is 9.72. The molecule has 0 radical (unpaired) electrons. The molecule has 84 valence electrons. The normalized spacial score (nSPS) is 19.1. The largest absolute Gasteiger partial charge is 0.379 e. The summed E-state index contributed by atoms with van der Waals surface area (Å²) in [6.45, 7) is 5.94. The fraction of sp³-hybridized carbons (Fsp3) is 1.00. The average molecular weight is 199 g/mol. The van der Waals surface area contributed by atoms with E-state index in [2.05, 4.69) is 13.8 Å². The Hall–Kier alpha value is -0.0800. The first-order chi connectivity index (χ1) is 6.70. The highest BCUT2D eigenvalue weighted by Gasteiger charge is 2.22. The molecule has 0 amide bonds. The molecule has 2 nitrogen and oxygen atoms in total. The van der Waals surface area contributed by atoms with Crippen molar-refractivity contribution < 1.29 is 4.74 Å². The lowest BCUT2D eigenvalue weighted by Crippen LogP contribution is -2.43. The standard InChI is InChI=1S/C12H25NO/c1-3-12(13,4-2)10-14-9-11-7-5-6-8-11/h11H,3-10,13H2,1-2H3. The van der Waals surface area contributed by atoms with Crippen molar-refractivity contribution in [2.45, 2.75) is 57.9 Å². The van der Waals surface area contributed by atoms with Gasteiger partial charge < -0.3 is 10.5 Å². The predicted molar refractivity (Wildman–Crippen MR) is 60.3 cm³/mol. The van der Waals surface area contributed by atoms with E-state index in [-0.39, 0.29) is 5.54 Å². The summed E-state index contributed by atoms with van der Waals surface area (Å²) in [6, 6.07) is 0. The van der Waals surface area contributed by atoms with Gasteiger partial charge in [0.15, 0.2) is 0 Å². The third-order valence-corrected chi connectivity index (χ3v) is 3.63. The maximum Gasteiger partial charge on any atom is 0.0646 e. The van der Waals surface area contributed by atoms with Gasteiger partial charge in [-0.3, -0.25) is 0 Å². The molecule has 0 saturated heterocycles. The predicted octanol–water partition coefficient (Wildman–Crippen LogP) is 2.71. The van der Waals surface area contributed by atoms with Crippen LogP contribution in [-0.2, 0) is 4.74 Å². The van der Waals surface area contributed by atoms with E-state index in [1.807, 2.05) is 0 Å². The molecule has 0 bridgehead atoms. The molecule has 0 spiro atoms. The number of nitrogens with two attached hydrogens (primary N) is 1. The molecule has 1 saturated carbocycles. The van der Waals surface area contributed by atoms with Gasteiger partial charge in [0.2, 0.25) is 0 Å². The summed E-state index contributed by atoms with van der Waals surface area (Å²) in [4.78, 5) is 0. The topological polar surface area (TPSA) is 35.2 Å². The highest BCUT2D eigenvalue weighted by atomic mass is 16.5. The van der Waals surface area contributed by atoms with Gasteiger partial charge in [0.05, 0.1) is 6.61 Å². The molecule has 0 aliphatic heterocycles. The Morgan fingerprint density at radius 3 is 2.29 bits per heavy atom. The zero-order chi connectivity index (χ0) is 10.4. The molecule has 0 unspecified atom stereocenters. The van der Waals surface area contributed by atoms with Crippen LogP contribution in [0, 0.1) is 5.92 Å². The fourth-order valence-corrected chi connectivity index (χ4v) is 2.06. The van der Waals surface area contributed by atoms with Gasteiger partial charge >= 0.3 is 0 Å². The molecule has 1 aliphatic rings. The summed E-state index contributed by atoms with van der Waals surface area (Å²) in [5, 5.41) is 0. The van der Waals surface area contributed by atoms with Gasteiger partial charge in [-0.25, -0.2) is 0 Å². The number of ether oxygens (including phenoxy) is 1. The lowest BCUT2D eigenvalue weighted by atomic mass is 9.95. The van der Waals surface area contributed by atoms with E-state index >= 15 is 0 Å². The molecule has 14 heavy (non-hydrogen) atoms. The minimum Gasteiger partial charge on any atom is -0.379 e. The molecule has 0 aromatic heterocycles. The molecular weight excluding hydrogens is 174 g/mol. The van der Waals surface area contributed by atoms with Crippen LogP contribution in [0.3, 0.4) is 0 Å². The van der Waals surface area contributed by atoms with Gasteiger partial charge in [-0.2, -0.15) is 0 Å². The van der Waals surface area contributed by atoms with E-state index in [1.165, 1.54) is 25.7 Å². The second-order valence-corrected chi connectivity index (χ2v) is 4.74. The van der Waals surface area contributed by atoms with Crippen molar-refractivity contribution in [2.75, 3.05) is 13.2 Å². The van der Waals surface area contributed by atoms with E-state index in [9.17, 15) is 0 Å². The minimum atomic E-state index is -0.0847. The lowest BCUT2D eigenvalue weighted by Gasteiger charge is -2.26.